The molecule has 0 unspecified atom stereocenters. The summed E-state index contributed by atoms with van der Waals surface area (Å²) in [7, 11) is 1.55. The van der Waals surface area contributed by atoms with Crippen molar-refractivity contribution in [1.82, 2.24) is 25.4 Å². The van der Waals surface area contributed by atoms with Gasteiger partial charge in [-0.3, -0.25) is 19.4 Å². The van der Waals surface area contributed by atoms with E-state index < -0.39 is 5.91 Å². The second kappa shape index (κ2) is 9.73. The first-order valence-corrected chi connectivity index (χ1v) is 10.2. The molecule has 2 aromatic carbocycles. The second-order valence-corrected chi connectivity index (χ2v) is 7.13. The number of amides is 2. The van der Waals surface area contributed by atoms with Gasteiger partial charge in [0.1, 0.15) is 5.75 Å². The van der Waals surface area contributed by atoms with Gasteiger partial charge < -0.3 is 15.4 Å². The van der Waals surface area contributed by atoms with Gasteiger partial charge in [0.25, 0.3) is 11.5 Å². The molecular formula is C24H21N5O4. The molecule has 0 fully saturated rings. The van der Waals surface area contributed by atoms with Crippen molar-refractivity contribution in [1.29, 1.82) is 0 Å². The molecule has 0 saturated heterocycles. The van der Waals surface area contributed by atoms with E-state index >= 15 is 0 Å². The van der Waals surface area contributed by atoms with Crippen LogP contribution in [0.3, 0.4) is 0 Å². The molecule has 9 nitrogen and oxygen atoms in total. The van der Waals surface area contributed by atoms with E-state index in [0.29, 0.717) is 28.8 Å². The average molecular weight is 443 g/mol. The van der Waals surface area contributed by atoms with Crippen LogP contribution in [0.5, 0.6) is 5.75 Å². The van der Waals surface area contributed by atoms with Gasteiger partial charge in [-0.1, -0.05) is 24.3 Å². The lowest BCUT2D eigenvalue weighted by Crippen LogP contribution is -2.38. The van der Waals surface area contributed by atoms with Crippen LogP contribution in [0.25, 0.3) is 16.5 Å². The Bertz CT molecular complexity index is 1350. The number of nitrogens with zero attached hydrogens (tertiary/aromatic N) is 3. The van der Waals surface area contributed by atoms with Gasteiger partial charge in [0, 0.05) is 24.3 Å². The number of hydrogen-bond donors (Lipinski definition) is 2. The van der Waals surface area contributed by atoms with E-state index in [0.717, 1.165) is 5.56 Å². The minimum Gasteiger partial charge on any atom is -0.497 e. The predicted molar refractivity (Wildman–Crippen MR) is 122 cm³/mol. The topological polar surface area (TPSA) is 115 Å². The maximum absolute atomic E-state index is 13.0. The minimum atomic E-state index is -0.565. The molecule has 4 rings (SSSR count). The molecule has 166 valence electrons. The van der Waals surface area contributed by atoms with Crippen LogP contribution in [0, 0.1) is 0 Å². The number of carbonyl (C=O) groups is 2. The second-order valence-electron chi connectivity index (χ2n) is 7.13. The first-order valence-electron chi connectivity index (χ1n) is 10.2. The molecule has 0 bridgehead atoms. The highest BCUT2D eigenvalue weighted by molar-refractivity contribution is 6.05. The standard InChI is InChI=1S/C24H21N5O4/c1-33-18-10-8-17(9-11-18)29-24(32)20-7-3-2-6-19(20)22(28-29)23(31)27-15-21(30)26-14-16-5-4-12-25-13-16/h2-13H,14-15H2,1H3,(H,26,30)(H,27,31). The summed E-state index contributed by atoms with van der Waals surface area (Å²) >= 11 is 0. The summed E-state index contributed by atoms with van der Waals surface area (Å²) < 4.78 is 6.32. The number of rotatable bonds is 7. The molecule has 2 amide bonds. The van der Waals surface area contributed by atoms with Crippen molar-refractivity contribution in [2.24, 2.45) is 0 Å². The Kier molecular flexibility index (Phi) is 6.40. The highest BCUT2D eigenvalue weighted by atomic mass is 16.5. The van der Waals surface area contributed by atoms with E-state index in [1.807, 2.05) is 6.07 Å². The van der Waals surface area contributed by atoms with Crippen LogP contribution >= 0.6 is 0 Å². The number of methoxy groups -OCH3 is 1. The molecule has 2 heterocycles. The highest BCUT2D eigenvalue weighted by Crippen LogP contribution is 2.17. The third-order valence-corrected chi connectivity index (χ3v) is 4.96. The number of carbonyl (C=O) groups excluding carboxylic acids is 2. The number of benzene rings is 2. The molecule has 0 spiro atoms. The van der Waals surface area contributed by atoms with Gasteiger partial charge in [-0.05, 0) is 42.0 Å². The smallest absolute Gasteiger partial charge is 0.279 e. The van der Waals surface area contributed by atoms with Crippen LogP contribution in [-0.4, -0.2) is 40.2 Å². The van der Waals surface area contributed by atoms with E-state index in [2.05, 4.69) is 20.7 Å². The minimum absolute atomic E-state index is 0.0427. The van der Waals surface area contributed by atoms with Crippen molar-refractivity contribution in [2.75, 3.05) is 13.7 Å². The van der Waals surface area contributed by atoms with Gasteiger partial charge in [-0.25, -0.2) is 0 Å². The monoisotopic (exact) mass is 443 g/mol. The van der Waals surface area contributed by atoms with Gasteiger partial charge in [0.05, 0.1) is 24.7 Å². The summed E-state index contributed by atoms with van der Waals surface area (Å²) in [5, 5.41) is 10.4. The molecule has 0 saturated carbocycles. The summed E-state index contributed by atoms with van der Waals surface area (Å²) in [4.78, 5) is 42.1. The van der Waals surface area contributed by atoms with Crippen LogP contribution in [0.1, 0.15) is 16.1 Å². The summed E-state index contributed by atoms with van der Waals surface area (Å²) in [6.45, 7) is 0.0584. The van der Waals surface area contributed by atoms with Crippen LogP contribution in [0.2, 0.25) is 0 Å². The van der Waals surface area contributed by atoms with Gasteiger partial charge in [0.2, 0.25) is 5.91 Å². The van der Waals surface area contributed by atoms with Crippen LogP contribution in [0.15, 0.2) is 77.9 Å². The zero-order valence-electron chi connectivity index (χ0n) is 17.8. The molecule has 0 radical (unpaired) electrons. The highest BCUT2D eigenvalue weighted by Gasteiger charge is 2.18. The summed E-state index contributed by atoms with van der Waals surface area (Å²) in [5.41, 5.74) is 1.01. The van der Waals surface area contributed by atoms with Crippen LogP contribution in [0.4, 0.5) is 0 Å². The Balaban J connectivity index is 1.57. The van der Waals surface area contributed by atoms with Crippen molar-refractivity contribution >= 4 is 22.6 Å². The Hall–Kier alpha value is -4.53. The lowest BCUT2D eigenvalue weighted by Gasteiger charge is -2.12. The maximum Gasteiger partial charge on any atom is 0.279 e. The molecule has 9 heteroatoms. The average Bonchev–Trinajstić information content (AvgIpc) is 2.87. The van der Waals surface area contributed by atoms with Gasteiger partial charge in [-0.2, -0.15) is 9.78 Å². The number of pyridine rings is 1. The molecule has 2 aromatic heterocycles. The largest absolute Gasteiger partial charge is 0.497 e. The number of ether oxygens (including phenoxy) is 1. The van der Waals surface area contributed by atoms with Gasteiger partial charge in [-0.15, -0.1) is 0 Å². The molecule has 0 aliphatic heterocycles. The Morgan fingerprint density at radius 2 is 1.73 bits per heavy atom. The predicted octanol–water partition coefficient (Wildman–Crippen LogP) is 1.84. The molecule has 0 atom stereocenters. The lowest BCUT2D eigenvalue weighted by molar-refractivity contribution is -0.120. The van der Waals surface area contributed by atoms with Gasteiger partial charge in [0.15, 0.2) is 5.69 Å². The van der Waals surface area contributed by atoms with Crippen LogP contribution in [-0.2, 0) is 11.3 Å². The van der Waals surface area contributed by atoms with Crippen molar-refractivity contribution in [2.45, 2.75) is 6.54 Å². The third-order valence-electron chi connectivity index (χ3n) is 4.96. The fraction of sp³-hybridized carbons (Fsp3) is 0.125. The molecule has 4 aromatic rings. The first-order chi connectivity index (χ1) is 16.1. The number of fused-ring (bicyclic) bond motifs is 1. The van der Waals surface area contributed by atoms with Crippen molar-refractivity contribution < 1.29 is 14.3 Å². The quantitative estimate of drug-likeness (QED) is 0.450. The maximum atomic E-state index is 13.0. The first kappa shape index (κ1) is 21.7. The SMILES string of the molecule is COc1ccc(-n2nc(C(=O)NCC(=O)NCc3cccnc3)c3ccccc3c2=O)cc1. The molecule has 0 aliphatic carbocycles. The summed E-state index contributed by atoms with van der Waals surface area (Å²) in [6, 6.07) is 17.1. The third kappa shape index (κ3) is 4.87. The van der Waals surface area contributed by atoms with E-state index in [9.17, 15) is 14.4 Å². The number of nitrogens with one attached hydrogen (secondary N) is 2. The Morgan fingerprint density at radius 3 is 2.42 bits per heavy atom. The van der Waals surface area contributed by atoms with E-state index in [4.69, 9.17) is 4.74 Å². The van der Waals surface area contributed by atoms with Gasteiger partial charge >= 0.3 is 0 Å². The molecule has 2 N–H and O–H groups in total. The van der Waals surface area contributed by atoms with Crippen molar-refractivity contribution in [3.8, 4) is 11.4 Å². The molecule has 33 heavy (non-hydrogen) atoms. The van der Waals surface area contributed by atoms with E-state index in [-0.39, 0.29) is 23.7 Å². The van der Waals surface area contributed by atoms with Crippen molar-refractivity contribution in [3.05, 3.63) is 94.7 Å². The zero-order valence-corrected chi connectivity index (χ0v) is 17.8. The molecule has 0 aliphatic rings. The summed E-state index contributed by atoms with van der Waals surface area (Å²) in [5.74, 6) is -0.298. The normalized spacial score (nSPS) is 10.6. The Morgan fingerprint density at radius 1 is 0.970 bits per heavy atom. The number of aromatic nitrogens is 3. The lowest BCUT2D eigenvalue weighted by atomic mass is 10.1. The molecular weight excluding hydrogens is 422 g/mol. The van der Waals surface area contributed by atoms with Crippen LogP contribution < -0.4 is 20.9 Å². The Labute approximate surface area is 189 Å². The van der Waals surface area contributed by atoms with E-state index in [1.54, 1.807) is 74.1 Å². The van der Waals surface area contributed by atoms with E-state index in [1.165, 1.54) is 4.68 Å². The summed E-state index contributed by atoms with van der Waals surface area (Å²) in [6.07, 6.45) is 3.30. The van der Waals surface area contributed by atoms with Crippen molar-refractivity contribution in [3.63, 3.8) is 0 Å². The fourth-order valence-electron chi connectivity index (χ4n) is 3.27. The fourth-order valence-corrected chi connectivity index (χ4v) is 3.27. The number of hydrogen-bond acceptors (Lipinski definition) is 6. The zero-order chi connectivity index (χ0) is 23.2.